The molecule has 2 aromatic heterocycles. The maximum absolute atomic E-state index is 6.34. The van der Waals surface area contributed by atoms with E-state index in [1.165, 1.54) is 0 Å². The fraction of sp³-hybridized carbons (Fsp3) is 0.154. The zero-order valence-electron chi connectivity index (χ0n) is 17.7. The minimum absolute atomic E-state index is 0.0156. The fourth-order valence-corrected chi connectivity index (χ4v) is 5.18. The maximum atomic E-state index is 6.34. The summed E-state index contributed by atoms with van der Waals surface area (Å²) in [5, 5.41) is 4.49. The van der Waals surface area contributed by atoms with Crippen LogP contribution < -0.4 is 0 Å². The molecule has 6 heteroatoms. The third-order valence-corrected chi connectivity index (χ3v) is 6.85. The fourth-order valence-electron chi connectivity index (χ4n) is 4.07. The van der Waals surface area contributed by atoms with Gasteiger partial charge in [0.1, 0.15) is 10.8 Å². The second-order valence-corrected chi connectivity index (χ2v) is 9.84. The van der Waals surface area contributed by atoms with E-state index in [-0.39, 0.29) is 11.8 Å². The van der Waals surface area contributed by atoms with Gasteiger partial charge < -0.3 is 0 Å². The van der Waals surface area contributed by atoms with Crippen molar-refractivity contribution in [3.8, 4) is 5.69 Å². The molecule has 0 aliphatic heterocycles. The largest absolute Gasteiger partial charge is 0.296 e. The maximum Gasteiger partial charge on any atom is 0.117 e. The lowest BCUT2D eigenvalue weighted by Gasteiger charge is -2.17. The van der Waals surface area contributed by atoms with Crippen molar-refractivity contribution in [2.75, 3.05) is 0 Å². The molecule has 0 aliphatic rings. The summed E-state index contributed by atoms with van der Waals surface area (Å²) in [7, 11) is 0. The second kappa shape index (κ2) is 8.70. The van der Waals surface area contributed by atoms with E-state index >= 15 is 0 Å². The van der Waals surface area contributed by atoms with Gasteiger partial charge in [0.25, 0.3) is 0 Å². The minimum Gasteiger partial charge on any atom is -0.296 e. The molecule has 1 unspecified atom stereocenters. The van der Waals surface area contributed by atoms with Crippen molar-refractivity contribution in [2.24, 2.45) is 0 Å². The van der Waals surface area contributed by atoms with Gasteiger partial charge in [0.05, 0.1) is 17.0 Å². The number of nitrogens with zero attached hydrogens (tertiary/aromatic N) is 3. The number of imidazole rings is 1. The number of halogens is 2. The number of rotatable bonds is 5. The topological polar surface area (TPSA) is 30.7 Å². The molecule has 0 aliphatic carbocycles. The van der Waals surface area contributed by atoms with Gasteiger partial charge in [-0.1, -0.05) is 61.3 Å². The SMILES string of the molecule is CC(C)c1nc2ccc(C(c3ccc(Cl)cc3)c3nccs3)cc2n1-c1cccc(Cl)c1. The van der Waals surface area contributed by atoms with Crippen LogP contribution in [-0.4, -0.2) is 14.5 Å². The van der Waals surface area contributed by atoms with E-state index in [2.05, 4.69) is 59.8 Å². The second-order valence-electron chi connectivity index (χ2n) is 8.04. The van der Waals surface area contributed by atoms with Crippen molar-refractivity contribution in [3.63, 3.8) is 0 Å². The van der Waals surface area contributed by atoms with Gasteiger partial charge in [-0.15, -0.1) is 11.3 Å². The Balaban J connectivity index is 1.74. The summed E-state index contributed by atoms with van der Waals surface area (Å²) in [6, 6.07) is 22.4. The molecule has 0 saturated heterocycles. The molecule has 0 N–H and O–H groups in total. The smallest absolute Gasteiger partial charge is 0.117 e. The summed E-state index contributed by atoms with van der Waals surface area (Å²) in [6.07, 6.45) is 1.86. The van der Waals surface area contributed by atoms with Gasteiger partial charge in [-0.3, -0.25) is 4.57 Å². The van der Waals surface area contributed by atoms with Crippen molar-refractivity contribution in [3.05, 3.63) is 110 Å². The lowest BCUT2D eigenvalue weighted by molar-refractivity contribution is 0.759. The lowest BCUT2D eigenvalue weighted by atomic mass is 9.91. The third kappa shape index (κ3) is 3.95. The highest BCUT2D eigenvalue weighted by Crippen LogP contribution is 2.36. The molecule has 0 fully saturated rings. The van der Waals surface area contributed by atoms with E-state index in [4.69, 9.17) is 28.2 Å². The van der Waals surface area contributed by atoms with Crippen LogP contribution in [0.4, 0.5) is 0 Å². The van der Waals surface area contributed by atoms with Crippen LogP contribution in [0.25, 0.3) is 16.7 Å². The van der Waals surface area contributed by atoms with Crippen LogP contribution in [0.15, 0.2) is 78.3 Å². The van der Waals surface area contributed by atoms with Gasteiger partial charge >= 0.3 is 0 Å². The van der Waals surface area contributed by atoms with Crippen LogP contribution in [0.5, 0.6) is 0 Å². The van der Waals surface area contributed by atoms with Gasteiger partial charge in [-0.2, -0.15) is 0 Å². The normalized spacial score (nSPS) is 12.5. The monoisotopic (exact) mass is 477 g/mol. The number of benzene rings is 3. The lowest BCUT2D eigenvalue weighted by Crippen LogP contribution is -2.05. The minimum atomic E-state index is 0.0156. The predicted octanol–water partition coefficient (Wildman–Crippen LogP) is 8.09. The summed E-state index contributed by atoms with van der Waals surface area (Å²) in [6.45, 7) is 4.32. The van der Waals surface area contributed by atoms with Gasteiger partial charge in [0, 0.05) is 33.2 Å². The summed E-state index contributed by atoms with van der Waals surface area (Å²) >= 11 is 14.2. The Morgan fingerprint density at radius 2 is 1.66 bits per heavy atom. The van der Waals surface area contributed by atoms with Gasteiger partial charge in [-0.05, 0) is 53.6 Å². The molecule has 3 nitrogen and oxygen atoms in total. The molecule has 0 amide bonds. The van der Waals surface area contributed by atoms with E-state index < -0.39 is 0 Å². The van der Waals surface area contributed by atoms with Crippen LogP contribution in [0, 0.1) is 0 Å². The van der Waals surface area contributed by atoms with Crippen molar-refractivity contribution >= 4 is 45.6 Å². The summed E-state index contributed by atoms with van der Waals surface area (Å²) in [5.74, 6) is 1.29. The first-order valence-electron chi connectivity index (χ1n) is 10.4. The first-order chi connectivity index (χ1) is 15.5. The Bertz CT molecular complexity index is 1370. The van der Waals surface area contributed by atoms with E-state index in [1.54, 1.807) is 11.3 Å². The molecule has 0 spiro atoms. The van der Waals surface area contributed by atoms with Crippen molar-refractivity contribution < 1.29 is 0 Å². The Morgan fingerprint density at radius 1 is 0.875 bits per heavy atom. The van der Waals surface area contributed by atoms with E-state index in [1.807, 2.05) is 41.9 Å². The average molecular weight is 478 g/mol. The third-order valence-electron chi connectivity index (χ3n) is 5.52. The first kappa shape index (κ1) is 21.2. The molecule has 1 atom stereocenters. The van der Waals surface area contributed by atoms with Crippen LogP contribution in [-0.2, 0) is 0 Å². The Morgan fingerprint density at radius 3 is 2.34 bits per heavy atom. The Kier molecular flexibility index (Phi) is 5.76. The van der Waals surface area contributed by atoms with Crippen LogP contribution >= 0.6 is 34.5 Å². The molecule has 5 aromatic rings. The molecule has 3 aromatic carbocycles. The molecule has 2 heterocycles. The Hall–Kier alpha value is -2.66. The van der Waals surface area contributed by atoms with E-state index in [0.717, 1.165) is 43.7 Å². The molecule has 0 bridgehead atoms. The molecule has 0 saturated carbocycles. The van der Waals surface area contributed by atoms with Crippen LogP contribution in [0.2, 0.25) is 10.0 Å². The molecular formula is C26H21Cl2N3S. The highest BCUT2D eigenvalue weighted by molar-refractivity contribution is 7.09. The Labute approximate surface area is 201 Å². The molecule has 5 rings (SSSR count). The quantitative estimate of drug-likeness (QED) is 0.256. The number of fused-ring (bicyclic) bond motifs is 1. The summed E-state index contributed by atoms with van der Waals surface area (Å²) in [5.41, 5.74) is 5.35. The molecule has 0 radical (unpaired) electrons. The van der Waals surface area contributed by atoms with Crippen molar-refractivity contribution in [1.29, 1.82) is 0 Å². The zero-order valence-corrected chi connectivity index (χ0v) is 20.0. The standard InChI is InChI=1S/C26H21Cl2N3S/c1-16(2)25-30-22-11-8-18(14-23(22)31(25)21-5-3-4-20(28)15-21)24(26-29-12-13-32-26)17-6-9-19(27)10-7-17/h3-16,24H,1-2H3. The average Bonchev–Trinajstić information content (AvgIpc) is 3.43. The van der Waals surface area contributed by atoms with Gasteiger partial charge in [0.2, 0.25) is 0 Å². The first-order valence-corrected chi connectivity index (χ1v) is 12.1. The van der Waals surface area contributed by atoms with E-state index in [0.29, 0.717) is 5.02 Å². The highest BCUT2D eigenvalue weighted by Gasteiger charge is 2.22. The number of thiazole rings is 1. The van der Waals surface area contributed by atoms with Crippen molar-refractivity contribution in [2.45, 2.75) is 25.7 Å². The molecular weight excluding hydrogens is 457 g/mol. The van der Waals surface area contributed by atoms with Gasteiger partial charge in [0.15, 0.2) is 0 Å². The summed E-state index contributed by atoms with van der Waals surface area (Å²) in [4.78, 5) is 9.60. The van der Waals surface area contributed by atoms with Gasteiger partial charge in [-0.25, -0.2) is 9.97 Å². The van der Waals surface area contributed by atoms with Crippen LogP contribution in [0.3, 0.4) is 0 Å². The number of hydrogen-bond donors (Lipinski definition) is 0. The van der Waals surface area contributed by atoms with Crippen LogP contribution in [0.1, 0.15) is 47.6 Å². The summed E-state index contributed by atoms with van der Waals surface area (Å²) < 4.78 is 2.22. The number of hydrogen-bond acceptors (Lipinski definition) is 3. The molecule has 160 valence electrons. The zero-order chi connectivity index (χ0) is 22.2. The van der Waals surface area contributed by atoms with Crippen molar-refractivity contribution in [1.82, 2.24) is 14.5 Å². The predicted molar refractivity (Wildman–Crippen MR) is 135 cm³/mol. The number of aromatic nitrogens is 3. The van der Waals surface area contributed by atoms with E-state index in [9.17, 15) is 0 Å². The highest BCUT2D eigenvalue weighted by atomic mass is 35.5. The molecule has 32 heavy (non-hydrogen) atoms.